The van der Waals surface area contributed by atoms with Gasteiger partial charge in [0.05, 0.1) is 23.5 Å². The first-order valence-corrected chi connectivity index (χ1v) is 8.56. The van der Waals surface area contributed by atoms with Crippen LogP contribution in [0.4, 0.5) is 5.69 Å². The number of para-hydroxylation sites is 2. The molecule has 132 valence electrons. The van der Waals surface area contributed by atoms with E-state index in [9.17, 15) is 4.79 Å². The molecule has 0 unspecified atom stereocenters. The molecule has 3 rings (SSSR count). The van der Waals surface area contributed by atoms with Crippen LogP contribution in [0.25, 0.3) is 5.69 Å². The molecule has 0 aliphatic rings. The molecule has 0 radical (unpaired) electrons. The van der Waals surface area contributed by atoms with Gasteiger partial charge in [-0.3, -0.25) is 5.43 Å². The molecule has 1 heterocycles. The lowest BCUT2D eigenvalue weighted by Gasteiger charge is -2.07. The molecular formula is C16H13ClN6O2S. The number of benzene rings is 2. The molecule has 0 spiro atoms. The summed E-state index contributed by atoms with van der Waals surface area (Å²) in [6, 6.07) is 16.3. The van der Waals surface area contributed by atoms with Crippen LogP contribution in [0.1, 0.15) is 0 Å². The highest BCUT2D eigenvalue weighted by Gasteiger charge is 2.19. The van der Waals surface area contributed by atoms with Gasteiger partial charge < -0.3 is 4.74 Å². The first-order valence-electron chi connectivity index (χ1n) is 7.37. The molecule has 0 saturated carbocycles. The molecule has 0 atom stereocenters. The number of rotatable bonds is 4. The lowest BCUT2D eigenvalue weighted by Crippen LogP contribution is -2.15. The third kappa shape index (κ3) is 4.19. The van der Waals surface area contributed by atoms with E-state index in [2.05, 4.69) is 26.1 Å². The third-order valence-corrected chi connectivity index (χ3v) is 4.36. The molecule has 1 aromatic heterocycles. The summed E-state index contributed by atoms with van der Waals surface area (Å²) in [5, 5.41) is 16.5. The summed E-state index contributed by atoms with van der Waals surface area (Å²) >= 11 is 7.05. The standard InChI is InChI=1S/C16H13ClN6O2S/c1-25-15(24)14(19-18-13-10-6-5-9-12(13)17)26-16-20-21-22-23(16)11-7-3-2-4-8-11/h2-10,18H,1H3. The number of hydrogen-bond acceptors (Lipinski definition) is 8. The van der Waals surface area contributed by atoms with Crippen molar-refractivity contribution >= 4 is 40.1 Å². The number of tetrazole rings is 1. The fourth-order valence-electron chi connectivity index (χ4n) is 1.92. The zero-order valence-corrected chi connectivity index (χ0v) is 15.1. The van der Waals surface area contributed by atoms with E-state index < -0.39 is 5.97 Å². The third-order valence-electron chi connectivity index (χ3n) is 3.14. The van der Waals surface area contributed by atoms with Crippen LogP contribution in [0.5, 0.6) is 0 Å². The molecule has 0 bridgehead atoms. The Bertz CT molecular complexity index is 931. The monoisotopic (exact) mass is 388 g/mol. The van der Waals surface area contributed by atoms with Gasteiger partial charge in [-0.2, -0.15) is 9.78 Å². The van der Waals surface area contributed by atoms with Crippen molar-refractivity contribution in [1.82, 2.24) is 20.2 Å². The Kier molecular flexibility index (Phi) is 5.82. The summed E-state index contributed by atoms with van der Waals surface area (Å²) in [7, 11) is 1.27. The van der Waals surface area contributed by atoms with Crippen LogP contribution < -0.4 is 5.43 Å². The number of hydrogen-bond donors (Lipinski definition) is 1. The van der Waals surface area contributed by atoms with Crippen molar-refractivity contribution in [3.05, 3.63) is 59.6 Å². The number of esters is 1. The van der Waals surface area contributed by atoms with Crippen molar-refractivity contribution in [1.29, 1.82) is 0 Å². The number of hydrazone groups is 1. The number of methoxy groups -OCH3 is 1. The Morgan fingerprint density at radius 1 is 1.19 bits per heavy atom. The normalized spacial score (nSPS) is 11.2. The van der Waals surface area contributed by atoms with Crippen molar-refractivity contribution in [3.63, 3.8) is 0 Å². The van der Waals surface area contributed by atoms with Crippen molar-refractivity contribution in [2.24, 2.45) is 5.10 Å². The SMILES string of the molecule is COC(=O)C(=NNc1ccccc1Cl)Sc1nnnn1-c1ccccc1. The van der Waals surface area contributed by atoms with Gasteiger partial charge in [-0.05, 0) is 46.5 Å². The predicted molar refractivity (Wildman–Crippen MR) is 99.5 cm³/mol. The van der Waals surface area contributed by atoms with Crippen LogP contribution in [0.2, 0.25) is 5.02 Å². The Labute approximate surface area is 158 Å². The van der Waals surface area contributed by atoms with Crippen molar-refractivity contribution < 1.29 is 9.53 Å². The number of anilines is 1. The lowest BCUT2D eigenvalue weighted by atomic mass is 10.3. The molecule has 2 aromatic carbocycles. The predicted octanol–water partition coefficient (Wildman–Crippen LogP) is 3.01. The number of nitrogens with zero attached hydrogens (tertiary/aromatic N) is 5. The molecule has 0 amide bonds. The quantitative estimate of drug-likeness (QED) is 0.241. The summed E-state index contributed by atoms with van der Waals surface area (Å²) in [4.78, 5) is 12.1. The average molecular weight is 389 g/mol. The van der Waals surface area contributed by atoms with E-state index in [0.717, 1.165) is 17.4 Å². The molecule has 0 saturated heterocycles. The fraction of sp³-hybridized carbons (Fsp3) is 0.0625. The molecule has 0 aliphatic carbocycles. The largest absolute Gasteiger partial charge is 0.464 e. The van der Waals surface area contributed by atoms with Gasteiger partial charge in [-0.1, -0.05) is 41.9 Å². The van der Waals surface area contributed by atoms with E-state index >= 15 is 0 Å². The minimum absolute atomic E-state index is 0.0272. The van der Waals surface area contributed by atoms with Crippen molar-refractivity contribution in [2.75, 3.05) is 12.5 Å². The van der Waals surface area contributed by atoms with Crippen LogP contribution in [0, 0.1) is 0 Å². The maximum Gasteiger partial charge on any atom is 0.365 e. The van der Waals surface area contributed by atoms with Crippen molar-refractivity contribution in [2.45, 2.75) is 5.16 Å². The summed E-state index contributed by atoms with van der Waals surface area (Å²) < 4.78 is 6.28. The first kappa shape index (κ1) is 17.9. The van der Waals surface area contributed by atoms with Crippen LogP contribution in [-0.4, -0.2) is 38.3 Å². The molecule has 10 heteroatoms. The van der Waals surface area contributed by atoms with E-state index in [4.69, 9.17) is 16.3 Å². The Balaban J connectivity index is 1.87. The maximum atomic E-state index is 12.1. The van der Waals surface area contributed by atoms with Crippen molar-refractivity contribution in [3.8, 4) is 5.69 Å². The second-order valence-corrected chi connectivity index (χ2v) is 6.17. The Morgan fingerprint density at radius 2 is 1.92 bits per heavy atom. The first-order chi connectivity index (χ1) is 12.7. The van der Waals surface area contributed by atoms with Crippen LogP contribution >= 0.6 is 23.4 Å². The highest BCUT2D eigenvalue weighted by atomic mass is 35.5. The number of aromatic nitrogens is 4. The molecule has 26 heavy (non-hydrogen) atoms. The van der Waals surface area contributed by atoms with E-state index in [-0.39, 0.29) is 5.04 Å². The average Bonchev–Trinajstić information content (AvgIpc) is 3.14. The topological polar surface area (TPSA) is 94.3 Å². The van der Waals surface area contributed by atoms with E-state index in [1.165, 1.54) is 11.8 Å². The van der Waals surface area contributed by atoms with Gasteiger partial charge in [0.1, 0.15) is 0 Å². The second-order valence-electron chi connectivity index (χ2n) is 4.81. The summed E-state index contributed by atoms with van der Waals surface area (Å²) in [5.41, 5.74) is 4.06. The number of nitrogens with one attached hydrogen (secondary N) is 1. The number of halogens is 1. The van der Waals surface area contributed by atoms with E-state index in [1.54, 1.807) is 24.3 Å². The molecule has 8 nitrogen and oxygen atoms in total. The minimum atomic E-state index is -0.628. The number of thioether (sulfide) groups is 1. The van der Waals surface area contributed by atoms with Crippen LogP contribution in [0.15, 0.2) is 64.9 Å². The van der Waals surface area contributed by atoms with Gasteiger partial charge in [0.25, 0.3) is 0 Å². The van der Waals surface area contributed by atoms with Crippen LogP contribution in [0.3, 0.4) is 0 Å². The molecule has 1 N–H and O–H groups in total. The fourth-order valence-corrected chi connectivity index (χ4v) is 2.84. The lowest BCUT2D eigenvalue weighted by molar-refractivity contribution is -0.132. The minimum Gasteiger partial charge on any atom is -0.464 e. The van der Waals surface area contributed by atoms with Gasteiger partial charge in [-0.15, -0.1) is 5.10 Å². The number of carbonyl (C=O) groups is 1. The molecule has 3 aromatic rings. The van der Waals surface area contributed by atoms with Gasteiger partial charge in [0, 0.05) is 0 Å². The number of carbonyl (C=O) groups excluding carboxylic acids is 1. The molecule has 0 aliphatic heterocycles. The van der Waals surface area contributed by atoms with Crippen LogP contribution in [-0.2, 0) is 9.53 Å². The highest BCUT2D eigenvalue weighted by Crippen LogP contribution is 2.23. The Morgan fingerprint density at radius 3 is 2.65 bits per heavy atom. The summed E-state index contributed by atoms with van der Waals surface area (Å²) in [5.74, 6) is -0.628. The smallest absolute Gasteiger partial charge is 0.365 e. The highest BCUT2D eigenvalue weighted by molar-refractivity contribution is 8.15. The van der Waals surface area contributed by atoms with Gasteiger partial charge >= 0.3 is 5.97 Å². The zero-order valence-electron chi connectivity index (χ0n) is 13.5. The number of ether oxygens (including phenoxy) is 1. The zero-order chi connectivity index (χ0) is 18.4. The van der Waals surface area contributed by atoms with E-state index in [1.807, 2.05) is 30.3 Å². The molecular weight excluding hydrogens is 376 g/mol. The summed E-state index contributed by atoms with van der Waals surface area (Å²) in [6.07, 6.45) is 0. The van der Waals surface area contributed by atoms with Gasteiger partial charge in [0.15, 0.2) is 0 Å². The van der Waals surface area contributed by atoms with Gasteiger partial charge in [-0.25, -0.2) is 4.79 Å². The summed E-state index contributed by atoms with van der Waals surface area (Å²) in [6.45, 7) is 0. The van der Waals surface area contributed by atoms with Gasteiger partial charge in [0.2, 0.25) is 10.2 Å². The molecule has 0 fully saturated rings. The Hall–Kier alpha value is -2.91. The maximum absolute atomic E-state index is 12.1. The second kappa shape index (κ2) is 8.45. The van der Waals surface area contributed by atoms with E-state index in [0.29, 0.717) is 15.9 Å².